The van der Waals surface area contributed by atoms with Crippen molar-refractivity contribution in [1.29, 1.82) is 0 Å². The number of para-hydroxylation sites is 1. The number of nitrogens with one attached hydrogen (secondary N) is 2. The largest absolute Gasteiger partial charge is 0.416 e. The number of carbonyl (C=O) groups excluding carboxylic acids is 1. The fourth-order valence-electron chi connectivity index (χ4n) is 2.32. The molecule has 1 amide bonds. The predicted molar refractivity (Wildman–Crippen MR) is 89.0 cm³/mol. The Bertz CT molecular complexity index is 1030. The standard InChI is InChI=1S/C17H10ClF3N2O2/c18-12-6-5-9(17(19,20)21)7-14(12)23-16(25)11-8-22-13-4-2-1-3-10(13)15(11)24/h1-8H,(H,22,24)(H,23,25). The number of pyridine rings is 1. The van der Waals surface area contributed by atoms with Crippen molar-refractivity contribution in [2.45, 2.75) is 6.18 Å². The van der Waals surface area contributed by atoms with Crippen molar-refractivity contribution in [2.75, 3.05) is 5.32 Å². The average molecular weight is 367 g/mol. The van der Waals surface area contributed by atoms with E-state index >= 15 is 0 Å². The number of rotatable bonds is 2. The maximum atomic E-state index is 12.8. The number of amides is 1. The molecular weight excluding hydrogens is 357 g/mol. The van der Waals surface area contributed by atoms with Gasteiger partial charge in [-0.3, -0.25) is 9.59 Å². The van der Waals surface area contributed by atoms with Crippen LogP contribution in [0.5, 0.6) is 0 Å². The molecule has 128 valence electrons. The minimum Gasteiger partial charge on any atom is -0.360 e. The number of anilines is 1. The van der Waals surface area contributed by atoms with Crippen molar-refractivity contribution >= 4 is 34.1 Å². The zero-order valence-electron chi connectivity index (χ0n) is 12.4. The first-order valence-corrected chi connectivity index (χ1v) is 7.43. The number of hydrogen-bond acceptors (Lipinski definition) is 2. The molecule has 3 rings (SSSR count). The zero-order chi connectivity index (χ0) is 18.2. The van der Waals surface area contributed by atoms with Gasteiger partial charge < -0.3 is 10.3 Å². The first-order chi connectivity index (χ1) is 11.8. The van der Waals surface area contributed by atoms with Crippen molar-refractivity contribution in [2.24, 2.45) is 0 Å². The summed E-state index contributed by atoms with van der Waals surface area (Å²) in [5, 5.41) is 2.48. The van der Waals surface area contributed by atoms with E-state index in [0.717, 1.165) is 18.2 Å². The van der Waals surface area contributed by atoms with Crippen LogP contribution in [0.2, 0.25) is 5.02 Å². The summed E-state index contributed by atoms with van der Waals surface area (Å²) in [5.41, 5.74) is -1.41. The van der Waals surface area contributed by atoms with Gasteiger partial charge in [-0.15, -0.1) is 0 Å². The second-order valence-corrected chi connectivity index (χ2v) is 5.63. The van der Waals surface area contributed by atoms with Gasteiger partial charge in [0, 0.05) is 17.1 Å². The van der Waals surface area contributed by atoms with E-state index in [1.54, 1.807) is 24.3 Å². The molecule has 0 aliphatic rings. The number of fused-ring (bicyclic) bond motifs is 1. The highest BCUT2D eigenvalue weighted by Gasteiger charge is 2.31. The van der Waals surface area contributed by atoms with Gasteiger partial charge in [-0.1, -0.05) is 23.7 Å². The number of hydrogen-bond donors (Lipinski definition) is 2. The molecule has 25 heavy (non-hydrogen) atoms. The molecule has 0 bridgehead atoms. The Morgan fingerprint density at radius 3 is 2.56 bits per heavy atom. The normalized spacial score (nSPS) is 11.5. The van der Waals surface area contributed by atoms with Crippen LogP contribution in [-0.4, -0.2) is 10.9 Å². The highest BCUT2D eigenvalue weighted by atomic mass is 35.5. The number of aromatic nitrogens is 1. The summed E-state index contributed by atoms with van der Waals surface area (Å²) < 4.78 is 38.4. The monoisotopic (exact) mass is 366 g/mol. The Balaban J connectivity index is 1.98. The molecule has 2 N–H and O–H groups in total. The van der Waals surface area contributed by atoms with Gasteiger partial charge in [0.25, 0.3) is 5.91 Å². The van der Waals surface area contributed by atoms with Crippen molar-refractivity contribution in [1.82, 2.24) is 4.98 Å². The van der Waals surface area contributed by atoms with Gasteiger partial charge in [0.1, 0.15) is 5.56 Å². The minimum atomic E-state index is -4.58. The third-order valence-electron chi connectivity index (χ3n) is 3.57. The fourth-order valence-corrected chi connectivity index (χ4v) is 2.49. The third-order valence-corrected chi connectivity index (χ3v) is 3.90. The van der Waals surface area contributed by atoms with Crippen molar-refractivity contribution in [3.05, 3.63) is 75.0 Å². The summed E-state index contributed by atoms with van der Waals surface area (Å²) in [6.45, 7) is 0. The lowest BCUT2D eigenvalue weighted by atomic mass is 10.1. The zero-order valence-corrected chi connectivity index (χ0v) is 13.2. The van der Waals surface area contributed by atoms with E-state index < -0.39 is 23.1 Å². The van der Waals surface area contributed by atoms with Gasteiger partial charge >= 0.3 is 6.18 Å². The lowest BCUT2D eigenvalue weighted by molar-refractivity contribution is -0.137. The molecule has 1 heterocycles. The van der Waals surface area contributed by atoms with Crippen LogP contribution in [-0.2, 0) is 6.18 Å². The Morgan fingerprint density at radius 2 is 1.84 bits per heavy atom. The van der Waals surface area contributed by atoms with Crippen molar-refractivity contribution in [3.8, 4) is 0 Å². The van der Waals surface area contributed by atoms with E-state index in [4.69, 9.17) is 11.6 Å². The minimum absolute atomic E-state index is 0.0708. The third kappa shape index (κ3) is 3.36. The lowest BCUT2D eigenvalue weighted by Crippen LogP contribution is -2.22. The highest BCUT2D eigenvalue weighted by Crippen LogP contribution is 2.33. The van der Waals surface area contributed by atoms with E-state index in [2.05, 4.69) is 10.3 Å². The Kier molecular flexibility index (Phi) is 4.26. The summed E-state index contributed by atoms with van der Waals surface area (Å²) in [5.74, 6) is -0.853. The van der Waals surface area contributed by atoms with E-state index in [0.29, 0.717) is 10.9 Å². The smallest absolute Gasteiger partial charge is 0.360 e. The second kappa shape index (κ2) is 6.25. The van der Waals surface area contributed by atoms with E-state index in [1.807, 2.05) is 0 Å². The van der Waals surface area contributed by atoms with Crippen LogP contribution >= 0.6 is 11.6 Å². The van der Waals surface area contributed by atoms with E-state index in [1.165, 1.54) is 6.20 Å². The van der Waals surface area contributed by atoms with Gasteiger partial charge in [0.05, 0.1) is 16.3 Å². The Labute approximate surface area is 144 Å². The molecule has 0 saturated carbocycles. The van der Waals surface area contributed by atoms with Gasteiger partial charge in [-0.05, 0) is 30.3 Å². The fraction of sp³-hybridized carbons (Fsp3) is 0.0588. The van der Waals surface area contributed by atoms with E-state index in [-0.39, 0.29) is 16.3 Å². The first kappa shape index (κ1) is 17.0. The second-order valence-electron chi connectivity index (χ2n) is 5.22. The number of alkyl halides is 3. The van der Waals surface area contributed by atoms with Crippen LogP contribution in [0.15, 0.2) is 53.5 Å². The molecule has 0 atom stereocenters. The quantitative estimate of drug-likeness (QED) is 0.703. The molecule has 2 aromatic carbocycles. The molecule has 0 radical (unpaired) electrons. The van der Waals surface area contributed by atoms with Gasteiger partial charge in [0.15, 0.2) is 0 Å². The summed E-state index contributed by atoms with van der Waals surface area (Å²) in [7, 11) is 0. The lowest BCUT2D eigenvalue weighted by Gasteiger charge is -2.11. The molecule has 0 saturated heterocycles. The molecule has 0 spiro atoms. The summed E-state index contributed by atoms with van der Waals surface area (Å²) in [6, 6.07) is 9.13. The first-order valence-electron chi connectivity index (χ1n) is 7.06. The van der Waals surface area contributed by atoms with Crippen LogP contribution in [0.3, 0.4) is 0 Å². The van der Waals surface area contributed by atoms with Crippen molar-refractivity contribution < 1.29 is 18.0 Å². The maximum absolute atomic E-state index is 12.8. The highest BCUT2D eigenvalue weighted by molar-refractivity contribution is 6.34. The van der Waals surface area contributed by atoms with Crippen LogP contribution in [0.25, 0.3) is 10.9 Å². The molecule has 4 nitrogen and oxygen atoms in total. The number of halogens is 4. The predicted octanol–water partition coefficient (Wildman–Crippen LogP) is 4.45. The summed E-state index contributed by atoms with van der Waals surface area (Å²) in [6.07, 6.45) is -3.37. The van der Waals surface area contributed by atoms with Gasteiger partial charge in [-0.25, -0.2) is 0 Å². The van der Waals surface area contributed by atoms with Crippen LogP contribution in [0.4, 0.5) is 18.9 Å². The SMILES string of the molecule is O=C(Nc1cc(C(F)(F)F)ccc1Cl)c1c[nH]c2ccccc2c1=O. The van der Waals surface area contributed by atoms with Gasteiger partial charge in [-0.2, -0.15) is 13.2 Å². The Morgan fingerprint density at radius 1 is 1.12 bits per heavy atom. The van der Waals surface area contributed by atoms with Crippen LogP contribution < -0.4 is 10.7 Å². The molecule has 0 aliphatic heterocycles. The number of H-pyrrole nitrogens is 1. The Hall–Kier alpha value is -2.80. The van der Waals surface area contributed by atoms with E-state index in [9.17, 15) is 22.8 Å². The van der Waals surface area contributed by atoms with Crippen molar-refractivity contribution in [3.63, 3.8) is 0 Å². The molecule has 1 aromatic heterocycles. The summed E-state index contributed by atoms with van der Waals surface area (Å²) in [4.78, 5) is 27.5. The molecule has 0 unspecified atom stereocenters. The number of benzene rings is 2. The number of aromatic amines is 1. The van der Waals surface area contributed by atoms with Crippen LogP contribution in [0, 0.1) is 0 Å². The molecule has 0 aliphatic carbocycles. The maximum Gasteiger partial charge on any atom is 0.416 e. The van der Waals surface area contributed by atoms with Gasteiger partial charge in [0.2, 0.25) is 5.43 Å². The number of carbonyl (C=O) groups is 1. The van der Waals surface area contributed by atoms with Crippen LogP contribution in [0.1, 0.15) is 15.9 Å². The molecule has 0 fully saturated rings. The topological polar surface area (TPSA) is 62.0 Å². The molecule has 8 heteroatoms. The molecular formula is C17H10ClF3N2O2. The molecule has 3 aromatic rings. The summed E-state index contributed by atoms with van der Waals surface area (Å²) >= 11 is 5.84. The average Bonchev–Trinajstić information content (AvgIpc) is 2.56.